The number of hydrogen-bond acceptors (Lipinski definition) is 6. The van der Waals surface area contributed by atoms with E-state index in [9.17, 15) is 13.2 Å². The molecule has 1 aromatic heterocycles. The van der Waals surface area contributed by atoms with Gasteiger partial charge in [0.2, 0.25) is 15.9 Å². The van der Waals surface area contributed by atoms with E-state index < -0.39 is 16.1 Å². The number of amides is 2. The number of carbonyl (C=O) groups excluding carboxylic acids is 1. The summed E-state index contributed by atoms with van der Waals surface area (Å²) in [6, 6.07) is 1.41. The van der Waals surface area contributed by atoms with Gasteiger partial charge in [0.25, 0.3) is 0 Å². The van der Waals surface area contributed by atoms with Gasteiger partial charge in [0.15, 0.2) is 10.9 Å². The molecule has 2 amide bonds. The van der Waals surface area contributed by atoms with Gasteiger partial charge in [-0.3, -0.25) is 4.79 Å². The summed E-state index contributed by atoms with van der Waals surface area (Å²) >= 11 is 0. The van der Waals surface area contributed by atoms with Crippen LogP contribution in [0.15, 0.2) is 17.2 Å². The van der Waals surface area contributed by atoms with E-state index in [0.717, 1.165) is 55.3 Å². The Morgan fingerprint density at radius 2 is 1.87 bits per heavy atom. The molecule has 2 aliphatic carbocycles. The zero-order valence-electron chi connectivity index (χ0n) is 17.8. The van der Waals surface area contributed by atoms with Crippen LogP contribution in [0.25, 0.3) is 4.72 Å². The third-order valence-electron chi connectivity index (χ3n) is 6.17. The number of rotatable bonds is 4. The number of fused-ring (bicyclic) bond motifs is 3. The molecule has 3 aliphatic rings. The minimum Gasteiger partial charge on any atom is -0.475 e. The normalized spacial score (nSPS) is 18.9. The van der Waals surface area contributed by atoms with Crippen molar-refractivity contribution < 1.29 is 47.5 Å². The smallest absolute Gasteiger partial charge is 0.475 e. The topological polar surface area (TPSA) is 116 Å². The number of likely N-dealkylation sites (N-methyl/N-ethyl adjacent to an activating group) is 1. The first-order chi connectivity index (χ1) is 14.5. The molecule has 2 aromatic rings. The SMILES string of the molecule is CN[C@@H]1COc2c(S(=O)(=O)[N-]C(=O)Nc3c4c(cc5c3CCC5)CCC4)cnn2C1.[Na+]. The number of benzene rings is 1. The zero-order valence-corrected chi connectivity index (χ0v) is 20.6. The summed E-state index contributed by atoms with van der Waals surface area (Å²) in [4.78, 5) is 12.5. The van der Waals surface area contributed by atoms with Crippen LogP contribution in [0.4, 0.5) is 10.5 Å². The molecule has 0 spiro atoms. The molecule has 0 unspecified atom stereocenters. The molecule has 1 atom stereocenters. The van der Waals surface area contributed by atoms with Crippen LogP contribution in [0.3, 0.4) is 0 Å². The number of aromatic nitrogens is 2. The summed E-state index contributed by atoms with van der Waals surface area (Å²) < 4.78 is 36.2. The van der Waals surface area contributed by atoms with E-state index in [4.69, 9.17) is 4.74 Å². The van der Waals surface area contributed by atoms with Crippen molar-refractivity contribution in [3.63, 3.8) is 0 Å². The van der Waals surface area contributed by atoms with Gasteiger partial charge in [0, 0.05) is 0 Å². The van der Waals surface area contributed by atoms with Gasteiger partial charge in [0.05, 0.1) is 18.8 Å². The average Bonchev–Trinajstić information content (AvgIpc) is 3.45. The number of carbonyl (C=O) groups is 1. The van der Waals surface area contributed by atoms with Gasteiger partial charge in [-0.15, -0.1) is 0 Å². The Morgan fingerprint density at radius 3 is 2.52 bits per heavy atom. The standard InChI is InChI=1S/C20H25N5O4S.Na/c1-21-14-10-25-19(29-11-14)17(9-22-25)30(27,28)24-20(26)23-18-15-6-2-4-12(15)8-13-5-3-7-16(13)18;/h8-9,14,21H,2-7,10-11H2,1H3,(H2,23,24,26);/q;+1/p-1/t14-;/m0./s1. The van der Waals surface area contributed by atoms with Crippen molar-refractivity contribution in [2.24, 2.45) is 0 Å². The van der Waals surface area contributed by atoms with Crippen LogP contribution in [0.2, 0.25) is 0 Å². The maximum absolute atomic E-state index is 12.8. The third-order valence-corrected chi connectivity index (χ3v) is 7.41. The second kappa shape index (κ2) is 8.74. The third kappa shape index (κ3) is 4.11. The van der Waals surface area contributed by atoms with Gasteiger partial charge >= 0.3 is 29.6 Å². The molecule has 0 radical (unpaired) electrons. The van der Waals surface area contributed by atoms with Crippen molar-refractivity contribution in [1.82, 2.24) is 15.1 Å². The van der Waals surface area contributed by atoms with Crippen molar-refractivity contribution in [2.45, 2.75) is 56.0 Å². The first-order valence-corrected chi connectivity index (χ1v) is 11.7. The molecular formula is C20H24N5NaO4S. The summed E-state index contributed by atoms with van der Waals surface area (Å²) in [5.41, 5.74) is 5.53. The van der Waals surface area contributed by atoms with E-state index in [1.807, 2.05) is 0 Å². The summed E-state index contributed by atoms with van der Waals surface area (Å²) in [5.74, 6) is 0.125. The fraction of sp³-hybridized carbons (Fsp3) is 0.500. The zero-order chi connectivity index (χ0) is 20.9. The predicted molar refractivity (Wildman–Crippen MR) is 111 cm³/mol. The largest absolute Gasteiger partial charge is 1.00 e. The van der Waals surface area contributed by atoms with E-state index in [1.54, 1.807) is 7.05 Å². The number of hydrogen-bond donors (Lipinski definition) is 2. The Hall–Kier alpha value is -1.59. The first kappa shape index (κ1) is 22.6. The second-order valence-electron chi connectivity index (χ2n) is 8.02. The maximum atomic E-state index is 12.8. The van der Waals surface area contributed by atoms with Crippen molar-refractivity contribution >= 4 is 21.7 Å². The summed E-state index contributed by atoms with van der Waals surface area (Å²) in [6.07, 6.45) is 7.05. The minimum absolute atomic E-state index is 0. The van der Waals surface area contributed by atoms with Crippen molar-refractivity contribution in [1.29, 1.82) is 0 Å². The molecule has 2 N–H and O–H groups in total. The van der Waals surface area contributed by atoms with Crippen LogP contribution in [0.1, 0.15) is 35.1 Å². The van der Waals surface area contributed by atoms with Gasteiger partial charge in [-0.2, -0.15) is 5.10 Å². The fourth-order valence-corrected chi connectivity index (χ4v) is 5.61. The van der Waals surface area contributed by atoms with Crippen molar-refractivity contribution in [2.75, 3.05) is 19.0 Å². The number of urea groups is 1. The Bertz CT molecular complexity index is 1100. The van der Waals surface area contributed by atoms with Crippen molar-refractivity contribution in [3.05, 3.63) is 39.2 Å². The van der Waals surface area contributed by atoms with Gasteiger partial charge in [-0.1, -0.05) is 6.07 Å². The molecule has 2 heterocycles. The second-order valence-corrected chi connectivity index (χ2v) is 9.60. The molecule has 0 bridgehead atoms. The van der Waals surface area contributed by atoms with Crippen LogP contribution in [-0.4, -0.2) is 43.9 Å². The number of sulfonamides is 1. The molecule has 1 aromatic carbocycles. The molecule has 0 fully saturated rings. The van der Waals surface area contributed by atoms with Crippen LogP contribution < -0.4 is 44.9 Å². The molecule has 0 saturated carbocycles. The van der Waals surface area contributed by atoms with E-state index >= 15 is 0 Å². The van der Waals surface area contributed by atoms with Crippen LogP contribution >= 0.6 is 0 Å². The first-order valence-electron chi connectivity index (χ1n) is 10.3. The number of nitrogens with one attached hydrogen (secondary N) is 2. The van der Waals surface area contributed by atoms with Crippen molar-refractivity contribution in [3.8, 4) is 5.88 Å². The Labute approximate surface area is 203 Å². The van der Waals surface area contributed by atoms with Gasteiger partial charge < -0.3 is 20.1 Å². The van der Waals surface area contributed by atoms with Gasteiger partial charge in [0.1, 0.15) is 6.61 Å². The van der Waals surface area contributed by atoms with Crippen LogP contribution in [0.5, 0.6) is 5.88 Å². The Balaban J connectivity index is 0.00000231. The summed E-state index contributed by atoms with van der Waals surface area (Å²) in [6.45, 7) is 0.801. The van der Waals surface area contributed by atoms with E-state index in [2.05, 4.69) is 26.5 Å². The van der Waals surface area contributed by atoms with Gasteiger partial charge in [-0.05, 0) is 73.5 Å². The monoisotopic (exact) mass is 453 g/mol. The van der Waals surface area contributed by atoms with Crippen LogP contribution in [0, 0.1) is 0 Å². The molecule has 31 heavy (non-hydrogen) atoms. The summed E-state index contributed by atoms with van der Waals surface area (Å²) in [7, 11) is -2.44. The summed E-state index contributed by atoms with van der Waals surface area (Å²) in [5, 5.41) is 9.95. The quantitative estimate of drug-likeness (QED) is 0.582. The molecule has 1 aliphatic heterocycles. The number of anilines is 1. The molecule has 5 rings (SSSR count). The fourth-order valence-electron chi connectivity index (χ4n) is 4.68. The molecule has 11 heteroatoms. The molecule has 160 valence electrons. The Kier molecular flexibility index (Phi) is 6.37. The molecular weight excluding hydrogens is 429 g/mol. The van der Waals surface area contributed by atoms with E-state index in [0.29, 0.717) is 13.2 Å². The average molecular weight is 454 g/mol. The minimum atomic E-state index is -4.25. The molecule has 9 nitrogen and oxygen atoms in total. The molecule has 0 saturated heterocycles. The number of ether oxygens (including phenoxy) is 1. The van der Waals surface area contributed by atoms with Crippen LogP contribution in [-0.2, 0) is 42.3 Å². The number of nitrogens with zero attached hydrogens (tertiary/aromatic N) is 3. The Morgan fingerprint density at radius 1 is 1.19 bits per heavy atom. The van der Waals surface area contributed by atoms with E-state index in [1.165, 1.54) is 22.0 Å². The number of aryl methyl sites for hydroxylation is 2. The van der Waals surface area contributed by atoms with E-state index in [-0.39, 0.29) is 46.4 Å². The predicted octanol–water partition coefficient (Wildman–Crippen LogP) is -0.861. The van der Waals surface area contributed by atoms with Gasteiger partial charge in [-0.25, -0.2) is 13.1 Å². The maximum Gasteiger partial charge on any atom is 1.00 e.